The van der Waals surface area contributed by atoms with Crippen LogP contribution in [0.25, 0.3) is 0 Å². The topological polar surface area (TPSA) is 51.2 Å². The largest absolute Gasteiger partial charge is 0.493 e. The molecule has 0 aliphatic heterocycles. The Morgan fingerprint density at radius 1 is 1.00 bits per heavy atom. The summed E-state index contributed by atoms with van der Waals surface area (Å²) in [5.74, 6) is 1.53. The molecule has 1 aromatic rings. The van der Waals surface area contributed by atoms with Gasteiger partial charge in [0.1, 0.15) is 0 Å². The van der Waals surface area contributed by atoms with Crippen LogP contribution in [0.2, 0.25) is 0 Å². The SMILES string of the molecule is COc1cc(C(=O)N(CCN(C)C)C2CCCC2)cc(OC)c1OC. The van der Waals surface area contributed by atoms with E-state index in [-0.39, 0.29) is 5.91 Å². The highest BCUT2D eigenvalue weighted by molar-refractivity contribution is 5.96. The minimum absolute atomic E-state index is 0.0213. The van der Waals surface area contributed by atoms with Crippen LogP contribution < -0.4 is 14.2 Å². The lowest BCUT2D eigenvalue weighted by Gasteiger charge is -2.30. The van der Waals surface area contributed by atoms with Crippen molar-refractivity contribution in [1.82, 2.24) is 9.80 Å². The van der Waals surface area contributed by atoms with Gasteiger partial charge in [0.15, 0.2) is 11.5 Å². The molecule has 0 radical (unpaired) electrons. The first kappa shape index (κ1) is 19.4. The third-order valence-electron chi connectivity index (χ3n) is 4.73. The Morgan fingerprint density at radius 2 is 1.56 bits per heavy atom. The molecule has 0 N–H and O–H groups in total. The van der Waals surface area contributed by atoms with Gasteiger partial charge in [-0.25, -0.2) is 0 Å². The number of hydrogen-bond donors (Lipinski definition) is 0. The molecule has 0 unspecified atom stereocenters. The van der Waals surface area contributed by atoms with Crippen LogP contribution in [0.1, 0.15) is 36.0 Å². The van der Waals surface area contributed by atoms with E-state index in [0.29, 0.717) is 35.4 Å². The number of ether oxygens (including phenoxy) is 3. The number of hydrogen-bond acceptors (Lipinski definition) is 5. The van der Waals surface area contributed by atoms with E-state index < -0.39 is 0 Å². The summed E-state index contributed by atoms with van der Waals surface area (Å²) < 4.78 is 16.1. The molecular weight excluding hydrogens is 320 g/mol. The summed E-state index contributed by atoms with van der Waals surface area (Å²) in [5.41, 5.74) is 0.570. The van der Waals surface area contributed by atoms with Crippen molar-refractivity contribution < 1.29 is 19.0 Å². The molecule has 0 aromatic heterocycles. The molecule has 1 amide bonds. The number of amides is 1. The van der Waals surface area contributed by atoms with Crippen molar-refractivity contribution in [2.45, 2.75) is 31.7 Å². The first-order chi connectivity index (χ1) is 12.0. The number of benzene rings is 1. The van der Waals surface area contributed by atoms with Crippen LogP contribution in [0.5, 0.6) is 17.2 Å². The van der Waals surface area contributed by atoms with Crippen molar-refractivity contribution in [3.8, 4) is 17.2 Å². The number of likely N-dealkylation sites (N-methyl/N-ethyl adjacent to an activating group) is 1. The highest BCUT2D eigenvalue weighted by Gasteiger charge is 2.28. The summed E-state index contributed by atoms with van der Waals surface area (Å²) in [6.45, 7) is 1.56. The number of methoxy groups -OCH3 is 3. The predicted molar refractivity (Wildman–Crippen MR) is 97.9 cm³/mol. The molecule has 6 nitrogen and oxygen atoms in total. The van der Waals surface area contributed by atoms with Gasteiger partial charge in [-0.3, -0.25) is 4.79 Å². The molecule has 1 aliphatic rings. The van der Waals surface area contributed by atoms with Crippen molar-refractivity contribution in [2.75, 3.05) is 48.5 Å². The molecule has 0 saturated heterocycles. The summed E-state index contributed by atoms with van der Waals surface area (Å²) in [5, 5.41) is 0. The number of carbonyl (C=O) groups excluding carboxylic acids is 1. The fourth-order valence-corrected chi connectivity index (χ4v) is 3.34. The van der Waals surface area contributed by atoms with Gasteiger partial charge >= 0.3 is 0 Å². The van der Waals surface area contributed by atoms with Crippen molar-refractivity contribution >= 4 is 5.91 Å². The molecule has 0 heterocycles. The maximum absolute atomic E-state index is 13.2. The Morgan fingerprint density at radius 3 is 2.00 bits per heavy atom. The van der Waals surface area contributed by atoms with Gasteiger partial charge in [0.05, 0.1) is 21.3 Å². The van der Waals surface area contributed by atoms with Crippen LogP contribution in [0.15, 0.2) is 12.1 Å². The van der Waals surface area contributed by atoms with Crippen LogP contribution in [0.3, 0.4) is 0 Å². The lowest BCUT2D eigenvalue weighted by Crippen LogP contribution is -2.42. The molecule has 1 aromatic carbocycles. The quantitative estimate of drug-likeness (QED) is 0.721. The number of carbonyl (C=O) groups is 1. The molecule has 6 heteroatoms. The Bertz CT molecular complexity index is 558. The Hall–Kier alpha value is -1.95. The second kappa shape index (κ2) is 8.94. The van der Waals surface area contributed by atoms with Crippen LogP contribution in [0.4, 0.5) is 0 Å². The van der Waals surface area contributed by atoms with E-state index in [2.05, 4.69) is 4.90 Å². The van der Waals surface area contributed by atoms with E-state index in [1.54, 1.807) is 33.5 Å². The molecule has 1 aliphatic carbocycles. The second-order valence-electron chi connectivity index (χ2n) is 6.65. The monoisotopic (exact) mass is 350 g/mol. The average molecular weight is 350 g/mol. The maximum atomic E-state index is 13.2. The van der Waals surface area contributed by atoms with Gasteiger partial charge in [-0.15, -0.1) is 0 Å². The van der Waals surface area contributed by atoms with Crippen molar-refractivity contribution in [3.63, 3.8) is 0 Å². The first-order valence-corrected chi connectivity index (χ1v) is 8.77. The van der Waals surface area contributed by atoms with Crippen molar-refractivity contribution in [1.29, 1.82) is 0 Å². The van der Waals surface area contributed by atoms with Crippen molar-refractivity contribution in [2.24, 2.45) is 0 Å². The van der Waals surface area contributed by atoms with E-state index in [9.17, 15) is 4.79 Å². The van der Waals surface area contributed by atoms with Crippen molar-refractivity contribution in [3.05, 3.63) is 17.7 Å². The predicted octanol–water partition coefficient (Wildman–Crippen LogP) is 2.66. The molecule has 0 spiro atoms. The Labute approximate surface area is 150 Å². The van der Waals surface area contributed by atoms with Gasteiger partial charge in [-0.1, -0.05) is 12.8 Å². The van der Waals surface area contributed by atoms with Crippen LogP contribution in [0, 0.1) is 0 Å². The summed E-state index contributed by atoms with van der Waals surface area (Å²) in [4.78, 5) is 17.3. The Kier molecular flexibility index (Phi) is 6.93. The van der Waals surface area contributed by atoms with E-state index in [1.165, 1.54) is 12.8 Å². The van der Waals surface area contributed by atoms with E-state index >= 15 is 0 Å². The van der Waals surface area contributed by atoms with Gasteiger partial charge in [0.2, 0.25) is 5.75 Å². The molecule has 1 fully saturated rings. The third kappa shape index (κ3) is 4.57. The fraction of sp³-hybridized carbons (Fsp3) is 0.632. The number of rotatable bonds is 8. The standard InChI is InChI=1S/C19H30N2O4/c1-20(2)10-11-21(15-8-6-7-9-15)19(22)14-12-16(23-3)18(25-5)17(13-14)24-4/h12-13,15H,6-11H2,1-5H3. The molecule has 0 atom stereocenters. The van der Waals surface area contributed by atoms with Gasteiger partial charge in [0, 0.05) is 24.7 Å². The molecule has 25 heavy (non-hydrogen) atoms. The normalized spacial score (nSPS) is 14.6. The van der Waals surface area contributed by atoms with Crippen LogP contribution in [-0.2, 0) is 0 Å². The van der Waals surface area contributed by atoms with E-state index in [1.807, 2.05) is 19.0 Å². The summed E-state index contributed by atoms with van der Waals surface area (Å²) in [7, 11) is 8.73. The van der Waals surface area contributed by atoms with Gasteiger partial charge in [-0.05, 0) is 39.1 Å². The molecule has 140 valence electrons. The van der Waals surface area contributed by atoms with Gasteiger partial charge in [-0.2, -0.15) is 0 Å². The van der Waals surface area contributed by atoms with Crippen LogP contribution in [-0.4, -0.2) is 70.3 Å². The highest BCUT2D eigenvalue weighted by atomic mass is 16.5. The third-order valence-corrected chi connectivity index (χ3v) is 4.73. The summed E-state index contributed by atoms with van der Waals surface area (Å²) in [6.07, 6.45) is 4.52. The maximum Gasteiger partial charge on any atom is 0.254 e. The lowest BCUT2D eigenvalue weighted by molar-refractivity contribution is 0.0667. The minimum Gasteiger partial charge on any atom is -0.493 e. The van der Waals surface area contributed by atoms with Crippen LogP contribution >= 0.6 is 0 Å². The van der Waals surface area contributed by atoms with E-state index in [0.717, 1.165) is 19.4 Å². The Balaban J connectivity index is 2.33. The van der Waals surface area contributed by atoms with Gasteiger partial charge < -0.3 is 24.0 Å². The molecular formula is C19H30N2O4. The molecule has 2 rings (SSSR count). The number of nitrogens with zero attached hydrogens (tertiary/aromatic N) is 2. The van der Waals surface area contributed by atoms with Gasteiger partial charge in [0.25, 0.3) is 5.91 Å². The fourth-order valence-electron chi connectivity index (χ4n) is 3.34. The zero-order valence-corrected chi connectivity index (χ0v) is 16.0. The summed E-state index contributed by atoms with van der Waals surface area (Å²) in [6, 6.07) is 3.79. The first-order valence-electron chi connectivity index (χ1n) is 8.77. The second-order valence-corrected chi connectivity index (χ2v) is 6.65. The zero-order chi connectivity index (χ0) is 18.4. The van der Waals surface area contributed by atoms with E-state index in [4.69, 9.17) is 14.2 Å². The average Bonchev–Trinajstić information content (AvgIpc) is 3.14. The smallest absolute Gasteiger partial charge is 0.254 e. The summed E-state index contributed by atoms with van der Waals surface area (Å²) >= 11 is 0. The minimum atomic E-state index is 0.0213. The molecule has 1 saturated carbocycles. The highest BCUT2D eigenvalue weighted by Crippen LogP contribution is 2.39. The molecule has 0 bridgehead atoms. The lowest BCUT2D eigenvalue weighted by atomic mass is 10.1. The zero-order valence-electron chi connectivity index (χ0n) is 16.0.